The minimum Gasteiger partial charge on any atom is -0.367 e. The highest BCUT2D eigenvalue weighted by atomic mass is 16.6. The van der Waals surface area contributed by atoms with Crippen LogP contribution in [0.25, 0.3) is 33.4 Å². The quantitative estimate of drug-likeness (QED) is 0.170. The van der Waals surface area contributed by atoms with Gasteiger partial charge in [0, 0.05) is 48.0 Å². The number of hydroxylamine groups is 1. The van der Waals surface area contributed by atoms with Crippen molar-refractivity contribution in [3.05, 3.63) is 90.8 Å². The molecule has 5 N–H and O–H groups in total. The first-order chi connectivity index (χ1) is 19.6. The highest BCUT2D eigenvalue weighted by Gasteiger charge is 2.23. The van der Waals surface area contributed by atoms with Gasteiger partial charge < -0.3 is 20.9 Å². The van der Waals surface area contributed by atoms with Crippen LogP contribution in [-0.2, 0) is 9.63 Å². The van der Waals surface area contributed by atoms with Gasteiger partial charge in [-0.2, -0.15) is 0 Å². The van der Waals surface area contributed by atoms with Crippen molar-refractivity contribution in [2.45, 2.75) is 6.04 Å². The topological polar surface area (TPSA) is 146 Å². The molecule has 3 heterocycles. The second-order valence-corrected chi connectivity index (χ2v) is 8.84. The van der Waals surface area contributed by atoms with Gasteiger partial charge >= 0.3 is 0 Å². The van der Waals surface area contributed by atoms with Crippen molar-refractivity contribution in [3.8, 4) is 22.5 Å². The van der Waals surface area contributed by atoms with Crippen molar-refractivity contribution in [1.82, 2.24) is 30.7 Å². The molecule has 0 fully saturated rings. The molecule has 2 amide bonds. The van der Waals surface area contributed by atoms with Crippen LogP contribution in [0.4, 0.5) is 11.8 Å². The summed E-state index contributed by atoms with van der Waals surface area (Å²) < 4.78 is 0. The molecule has 0 aliphatic carbocycles. The lowest BCUT2D eigenvalue weighted by molar-refractivity contribution is -0.132. The third kappa shape index (κ3) is 5.89. The molecular formula is C29H28N8O3. The van der Waals surface area contributed by atoms with Crippen molar-refractivity contribution in [2.75, 3.05) is 31.3 Å². The summed E-state index contributed by atoms with van der Waals surface area (Å²) in [6.07, 6.45) is 3.34. The van der Waals surface area contributed by atoms with Gasteiger partial charge in [-0.05, 0) is 48.0 Å². The van der Waals surface area contributed by atoms with E-state index >= 15 is 0 Å². The normalized spacial score (nSPS) is 11.6. The molecule has 0 spiro atoms. The van der Waals surface area contributed by atoms with E-state index in [4.69, 9.17) is 4.84 Å². The van der Waals surface area contributed by atoms with Gasteiger partial charge in [-0.1, -0.05) is 30.3 Å². The zero-order chi connectivity index (χ0) is 27.9. The van der Waals surface area contributed by atoms with Gasteiger partial charge in [0.1, 0.15) is 11.9 Å². The summed E-state index contributed by atoms with van der Waals surface area (Å²) >= 11 is 0. The summed E-state index contributed by atoms with van der Waals surface area (Å²) in [6.45, 7) is 0.0792. The van der Waals surface area contributed by atoms with E-state index in [-0.39, 0.29) is 6.54 Å². The zero-order valence-corrected chi connectivity index (χ0v) is 21.9. The maximum Gasteiger partial charge on any atom is 0.267 e. The fraction of sp³-hybridized carbons (Fsp3) is 0.138. The van der Waals surface area contributed by atoms with Crippen LogP contribution in [-0.4, -0.2) is 58.5 Å². The van der Waals surface area contributed by atoms with Crippen molar-refractivity contribution in [3.63, 3.8) is 0 Å². The largest absolute Gasteiger partial charge is 0.367 e. The van der Waals surface area contributed by atoms with E-state index in [0.717, 1.165) is 27.7 Å². The Morgan fingerprint density at radius 3 is 2.62 bits per heavy atom. The van der Waals surface area contributed by atoms with E-state index < -0.39 is 17.9 Å². The lowest BCUT2D eigenvalue weighted by Gasteiger charge is -2.19. The third-order valence-electron chi connectivity index (χ3n) is 6.23. The fourth-order valence-corrected chi connectivity index (χ4v) is 4.26. The van der Waals surface area contributed by atoms with E-state index in [0.29, 0.717) is 23.0 Å². The second-order valence-electron chi connectivity index (χ2n) is 8.84. The van der Waals surface area contributed by atoms with Gasteiger partial charge in [-0.25, -0.2) is 20.4 Å². The third-order valence-corrected chi connectivity index (χ3v) is 6.23. The van der Waals surface area contributed by atoms with Crippen molar-refractivity contribution in [1.29, 1.82) is 0 Å². The molecule has 11 heteroatoms. The summed E-state index contributed by atoms with van der Waals surface area (Å²) in [5, 5.41) is 9.76. The number of nitrogens with one attached hydrogen (secondary N) is 5. The van der Waals surface area contributed by atoms with E-state index in [1.807, 2.05) is 54.6 Å². The predicted molar refractivity (Wildman–Crippen MR) is 153 cm³/mol. The van der Waals surface area contributed by atoms with Gasteiger partial charge in [0.25, 0.3) is 11.8 Å². The number of aromatic nitrogens is 4. The number of amides is 2. The van der Waals surface area contributed by atoms with E-state index in [2.05, 4.69) is 41.4 Å². The minimum absolute atomic E-state index is 0.0792. The molecule has 5 rings (SSSR count). The number of fused-ring (bicyclic) bond motifs is 1. The highest BCUT2D eigenvalue weighted by molar-refractivity contribution is 6.01. The molecule has 0 bridgehead atoms. The number of anilines is 2. The van der Waals surface area contributed by atoms with Crippen LogP contribution in [0.1, 0.15) is 10.4 Å². The van der Waals surface area contributed by atoms with Crippen LogP contribution >= 0.6 is 0 Å². The monoisotopic (exact) mass is 536 g/mol. The number of carbonyl (C=O) groups excluding carboxylic acids is 2. The number of rotatable bonds is 10. The average Bonchev–Trinajstić information content (AvgIpc) is 3.43. The number of carbonyl (C=O) groups is 2. The Kier molecular flexibility index (Phi) is 7.93. The fourth-order valence-electron chi connectivity index (χ4n) is 4.26. The SMILES string of the molecule is CNc1nccc(-c2cc3cc(C(=O)NC(CNc4ncccc4-c4ccccc4)C(=O)NOC)ccc3[nH]2)n1. The van der Waals surface area contributed by atoms with Crippen molar-refractivity contribution < 1.29 is 14.4 Å². The van der Waals surface area contributed by atoms with E-state index in [1.54, 1.807) is 37.6 Å². The van der Waals surface area contributed by atoms with E-state index in [9.17, 15) is 9.59 Å². The van der Waals surface area contributed by atoms with Gasteiger partial charge in [-0.15, -0.1) is 0 Å². The molecule has 3 aromatic heterocycles. The molecule has 202 valence electrons. The molecule has 40 heavy (non-hydrogen) atoms. The summed E-state index contributed by atoms with van der Waals surface area (Å²) in [6, 6.07) is 21.6. The number of hydrogen-bond acceptors (Lipinski definition) is 8. The number of aromatic amines is 1. The van der Waals surface area contributed by atoms with Gasteiger partial charge in [0.15, 0.2) is 0 Å². The molecule has 0 saturated carbocycles. The first-order valence-electron chi connectivity index (χ1n) is 12.6. The van der Waals surface area contributed by atoms with Gasteiger partial charge in [0.2, 0.25) is 5.95 Å². The summed E-state index contributed by atoms with van der Waals surface area (Å²) in [5.41, 5.74) is 6.91. The summed E-state index contributed by atoms with van der Waals surface area (Å²) in [7, 11) is 3.09. The number of H-pyrrole nitrogens is 1. The molecule has 1 unspecified atom stereocenters. The molecule has 11 nitrogen and oxygen atoms in total. The average molecular weight is 537 g/mol. The molecule has 2 aromatic carbocycles. The Hall–Kier alpha value is -5.29. The molecule has 0 aliphatic heterocycles. The zero-order valence-electron chi connectivity index (χ0n) is 21.9. The molecule has 5 aromatic rings. The number of pyridine rings is 1. The van der Waals surface area contributed by atoms with E-state index in [1.165, 1.54) is 7.11 Å². The highest BCUT2D eigenvalue weighted by Crippen LogP contribution is 2.26. The summed E-state index contributed by atoms with van der Waals surface area (Å²) in [5.74, 6) is 0.179. The number of nitrogens with zero attached hydrogens (tertiary/aromatic N) is 3. The Balaban J connectivity index is 1.34. The Bertz CT molecular complexity index is 1640. The summed E-state index contributed by atoms with van der Waals surface area (Å²) in [4.78, 5) is 47.2. The Morgan fingerprint density at radius 1 is 0.975 bits per heavy atom. The molecule has 0 aliphatic rings. The second kappa shape index (κ2) is 12.0. The molecule has 1 atom stereocenters. The van der Waals surface area contributed by atoms with Crippen LogP contribution in [0.3, 0.4) is 0 Å². The Labute approximate surface area is 230 Å². The standard InChI is InChI=1S/C29H28N8O3/c1-30-29-32-14-12-23(36-29)24-16-20-15-19(10-11-22(20)34-24)27(38)35-25(28(39)37-40-2)17-33-26-21(9-6-13-31-26)18-7-4-3-5-8-18/h3-16,25,34H,17H2,1-2H3,(H,31,33)(H,35,38)(H,37,39)(H,30,32,36). The van der Waals surface area contributed by atoms with Crippen LogP contribution in [0.2, 0.25) is 0 Å². The maximum absolute atomic E-state index is 13.3. The lowest BCUT2D eigenvalue weighted by Crippen LogP contribution is -2.50. The lowest BCUT2D eigenvalue weighted by atomic mass is 10.1. The molecule has 0 saturated heterocycles. The van der Waals surface area contributed by atoms with Crippen molar-refractivity contribution in [2.24, 2.45) is 0 Å². The van der Waals surface area contributed by atoms with Crippen molar-refractivity contribution >= 4 is 34.5 Å². The van der Waals surface area contributed by atoms with Crippen LogP contribution in [0.5, 0.6) is 0 Å². The van der Waals surface area contributed by atoms with Crippen LogP contribution in [0, 0.1) is 0 Å². The number of benzene rings is 2. The first kappa shape index (κ1) is 26.3. The van der Waals surface area contributed by atoms with Gasteiger partial charge in [-0.3, -0.25) is 14.4 Å². The van der Waals surface area contributed by atoms with Crippen LogP contribution in [0.15, 0.2) is 85.2 Å². The van der Waals surface area contributed by atoms with Crippen LogP contribution < -0.4 is 21.4 Å². The van der Waals surface area contributed by atoms with Gasteiger partial charge in [0.05, 0.1) is 18.5 Å². The molecule has 0 radical (unpaired) electrons. The number of hydrogen-bond donors (Lipinski definition) is 5. The minimum atomic E-state index is -0.948. The first-order valence-corrected chi connectivity index (χ1v) is 12.6. The smallest absolute Gasteiger partial charge is 0.267 e. The Morgan fingerprint density at radius 2 is 1.82 bits per heavy atom. The predicted octanol–water partition coefficient (Wildman–Crippen LogP) is 3.62. The molecular weight excluding hydrogens is 508 g/mol. The maximum atomic E-state index is 13.3.